The summed E-state index contributed by atoms with van der Waals surface area (Å²) in [5.41, 5.74) is 4.57. The maximum absolute atomic E-state index is 13.9. The largest absolute Gasteiger partial charge is 0.417 e. The molecule has 8 nitrogen and oxygen atoms in total. The lowest BCUT2D eigenvalue weighted by molar-refractivity contribution is -0.137. The van der Waals surface area contributed by atoms with Crippen molar-refractivity contribution in [2.45, 2.75) is 30.0 Å². The van der Waals surface area contributed by atoms with Crippen LogP contribution in [0.1, 0.15) is 18.4 Å². The van der Waals surface area contributed by atoms with Gasteiger partial charge in [0.05, 0.1) is 21.6 Å². The summed E-state index contributed by atoms with van der Waals surface area (Å²) in [7, 11) is -1.47. The summed E-state index contributed by atoms with van der Waals surface area (Å²) in [5.74, 6) is 0.0102. The van der Waals surface area contributed by atoms with Crippen molar-refractivity contribution in [1.29, 1.82) is 0 Å². The number of piperidine rings is 1. The first-order valence-corrected chi connectivity index (χ1v) is 11.4. The van der Waals surface area contributed by atoms with Crippen LogP contribution in [0.25, 0.3) is 11.1 Å². The van der Waals surface area contributed by atoms with E-state index in [2.05, 4.69) is 20.5 Å². The SMILES string of the molecule is Nc1nc(Nc2cc(Cl)c(-c3ccc(S(=O)N4CCC(O)CC4)cc3)c(C(F)(F)F)c2)n[nH]1. The number of nitrogens with zero attached hydrogens (tertiary/aromatic N) is 3. The molecule has 2 aromatic carbocycles. The van der Waals surface area contributed by atoms with E-state index in [9.17, 15) is 22.5 Å². The van der Waals surface area contributed by atoms with E-state index in [1.165, 1.54) is 30.3 Å². The fourth-order valence-electron chi connectivity index (χ4n) is 3.55. The molecular formula is C20H20ClF3N6O2S. The van der Waals surface area contributed by atoms with E-state index in [0.29, 0.717) is 30.8 Å². The highest BCUT2D eigenvalue weighted by Crippen LogP contribution is 2.43. The van der Waals surface area contributed by atoms with Crippen molar-refractivity contribution in [3.8, 4) is 11.1 Å². The minimum atomic E-state index is -4.69. The first kappa shape index (κ1) is 23.5. The van der Waals surface area contributed by atoms with Crippen molar-refractivity contribution >= 4 is 40.2 Å². The Bertz CT molecular complexity index is 1160. The average Bonchev–Trinajstić information content (AvgIpc) is 3.17. The maximum atomic E-state index is 13.9. The Balaban J connectivity index is 1.64. The second-order valence-electron chi connectivity index (χ2n) is 7.48. The lowest BCUT2D eigenvalue weighted by Crippen LogP contribution is -2.36. The Kier molecular flexibility index (Phi) is 6.61. The molecule has 1 unspecified atom stereocenters. The summed E-state index contributed by atoms with van der Waals surface area (Å²) in [4.78, 5) is 4.26. The van der Waals surface area contributed by atoms with Gasteiger partial charge < -0.3 is 16.2 Å². The van der Waals surface area contributed by atoms with Gasteiger partial charge in [-0.15, -0.1) is 5.10 Å². The van der Waals surface area contributed by atoms with E-state index in [4.69, 9.17) is 17.3 Å². The molecule has 176 valence electrons. The number of nitrogen functional groups attached to an aromatic ring is 1. The number of anilines is 3. The number of halogens is 4. The van der Waals surface area contributed by atoms with Gasteiger partial charge in [-0.25, -0.2) is 13.6 Å². The molecule has 1 aliphatic heterocycles. The van der Waals surface area contributed by atoms with Crippen LogP contribution < -0.4 is 11.1 Å². The van der Waals surface area contributed by atoms with Crippen molar-refractivity contribution < 1.29 is 22.5 Å². The zero-order valence-electron chi connectivity index (χ0n) is 17.1. The summed E-state index contributed by atoms with van der Waals surface area (Å²) >= 11 is 6.28. The number of benzene rings is 2. The molecule has 5 N–H and O–H groups in total. The third kappa shape index (κ3) is 5.29. The van der Waals surface area contributed by atoms with Gasteiger partial charge >= 0.3 is 6.18 Å². The van der Waals surface area contributed by atoms with Crippen molar-refractivity contribution in [1.82, 2.24) is 19.5 Å². The van der Waals surface area contributed by atoms with E-state index in [0.717, 1.165) is 6.07 Å². The number of rotatable bonds is 5. The number of aliphatic hydroxyl groups excluding tert-OH is 1. The number of nitrogens with one attached hydrogen (secondary N) is 2. The minimum absolute atomic E-state index is 0.00139. The fraction of sp³-hybridized carbons (Fsp3) is 0.300. The summed E-state index contributed by atoms with van der Waals surface area (Å²) in [6.07, 6.45) is -4.04. The molecule has 1 saturated heterocycles. The highest BCUT2D eigenvalue weighted by molar-refractivity contribution is 7.82. The molecule has 0 saturated carbocycles. The molecule has 4 rings (SSSR count). The number of alkyl halides is 3. The number of aromatic amines is 1. The van der Waals surface area contributed by atoms with Gasteiger partial charge in [0.2, 0.25) is 11.9 Å². The van der Waals surface area contributed by atoms with Gasteiger partial charge in [-0.3, -0.25) is 0 Å². The summed E-state index contributed by atoms with van der Waals surface area (Å²) in [5, 5.41) is 18.2. The van der Waals surface area contributed by atoms with E-state index in [-0.39, 0.29) is 33.7 Å². The number of nitrogens with two attached hydrogens (primary N) is 1. The molecule has 0 amide bonds. The van der Waals surface area contributed by atoms with Gasteiger partial charge in [0.15, 0.2) is 0 Å². The van der Waals surface area contributed by atoms with E-state index >= 15 is 0 Å². The molecule has 3 aromatic rings. The average molecular weight is 501 g/mol. The predicted octanol–water partition coefficient (Wildman–Crippen LogP) is 3.95. The zero-order valence-corrected chi connectivity index (χ0v) is 18.6. The first-order valence-electron chi connectivity index (χ1n) is 9.93. The van der Waals surface area contributed by atoms with Crippen LogP contribution in [0, 0.1) is 0 Å². The standard InChI is InChI=1S/C20H20ClF3N6O2S/c21-16-10-12(26-19-27-18(25)28-29-19)9-15(20(22,23)24)17(16)11-1-3-14(4-2-11)33(32)30-7-5-13(31)6-8-30/h1-4,9-10,13,31H,5-8H2,(H4,25,26,27,28,29). The summed E-state index contributed by atoms with van der Waals surface area (Å²) < 4.78 is 56.2. The monoisotopic (exact) mass is 500 g/mol. The molecule has 1 fully saturated rings. The molecule has 0 bridgehead atoms. The summed E-state index contributed by atoms with van der Waals surface area (Å²) in [6.45, 7) is 0.953. The Morgan fingerprint density at radius 1 is 1.21 bits per heavy atom. The van der Waals surface area contributed by atoms with Crippen molar-refractivity contribution in [3.63, 3.8) is 0 Å². The van der Waals surface area contributed by atoms with Crippen LogP contribution in [0.3, 0.4) is 0 Å². The van der Waals surface area contributed by atoms with Crippen LogP contribution in [-0.2, 0) is 17.2 Å². The Morgan fingerprint density at radius 3 is 2.45 bits per heavy atom. The van der Waals surface area contributed by atoms with Crippen molar-refractivity contribution in [3.05, 3.63) is 47.0 Å². The Labute approximate surface area is 194 Å². The van der Waals surface area contributed by atoms with Gasteiger partial charge in [0.25, 0.3) is 0 Å². The van der Waals surface area contributed by atoms with E-state index in [1.54, 1.807) is 4.31 Å². The van der Waals surface area contributed by atoms with Crippen LogP contribution >= 0.6 is 11.6 Å². The minimum Gasteiger partial charge on any atom is -0.393 e. The van der Waals surface area contributed by atoms with Crippen LogP contribution in [0.4, 0.5) is 30.8 Å². The smallest absolute Gasteiger partial charge is 0.393 e. The molecule has 0 aliphatic carbocycles. The van der Waals surface area contributed by atoms with Crippen LogP contribution in [-0.4, -0.2) is 48.0 Å². The molecule has 0 spiro atoms. The highest BCUT2D eigenvalue weighted by Gasteiger charge is 2.35. The third-order valence-corrected chi connectivity index (χ3v) is 6.96. The lowest BCUT2D eigenvalue weighted by Gasteiger charge is -2.28. The molecule has 13 heteroatoms. The van der Waals surface area contributed by atoms with Gasteiger partial charge in [0, 0.05) is 24.3 Å². The van der Waals surface area contributed by atoms with Gasteiger partial charge in [-0.1, -0.05) is 23.7 Å². The predicted molar refractivity (Wildman–Crippen MR) is 119 cm³/mol. The first-order chi connectivity index (χ1) is 15.6. The van der Waals surface area contributed by atoms with Crippen molar-refractivity contribution in [2.24, 2.45) is 0 Å². The Hall–Kier alpha value is -2.67. The van der Waals surface area contributed by atoms with Gasteiger partial charge in [-0.05, 0) is 42.7 Å². The normalized spacial score (nSPS) is 16.6. The quantitative estimate of drug-likeness (QED) is 0.421. The van der Waals surface area contributed by atoms with Crippen molar-refractivity contribution in [2.75, 3.05) is 24.1 Å². The van der Waals surface area contributed by atoms with Gasteiger partial charge in [-0.2, -0.15) is 18.2 Å². The second-order valence-corrected chi connectivity index (χ2v) is 9.37. The molecule has 1 aromatic heterocycles. The lowest BCUT2D eigenvalue weighted by atomic mass is 9.98. The number of hydrogen-bond acceptors (Lipinski definition) is 6. The molecule has 1 aliphatic rings. The van der Waals surface area contributed by atoms with E-state index in [1.807, 2.05) is 0 Å². The number of aromatic nitrogens is 3. The molecule has 0 radical (unpaired) electrons. The third-order valence-electron chi connectivity index (χ3n) is 5.16. The van der Waals surface area contributed by atoms with Gasteiger partial charge in [0.1, 0.15) is 11.0 Å². The maximum Gasteiger partial charge on any atom is 0.417 e. The van der Waals surface area contributed by atoms with Crippen LogP contribution in [0.2, 0.25) is 5.02 Å². The molecule has 33 heavy (non-hydrogen) atoms. The van der Waals surface area contributed by atoms with Crippen LogP contribution in [0.5, 0.6) is 0 Å². The molecule has 2 heterocycles. The Morgan fingerprint density at radius 2 is 1.88 bits per heavy atom. The number of aliphatic hydroxyl groups is 1. The number of H-pyrrole nitrogens is 1. The zero-order chi connectivity index (χ0) is 23.8. The second kappa shape index (κ2) is 9.29. The van der Waals surface area contributed by atoms with Crippen LogP contribution in [0.15, 0.2) is 41.3 Å². The number of hydrogen-bond donors (Lipinski definition) is 4. The molecule has 1 atom stereocenters. The highest BCUT2D eigenvalue weighted by atomic mass is 35.5. The van der Waals surface area contributed by atoms with E-state index < -0.39 is 28.8 Å². The topological polar surface area (TPSA) is 120 Å². The summed E-state index contributed by atoms with van der Waals surface area (Å²) in [6, 6.07) is 8.23. The fourth-order valence-corrected chi connectivity index (χ4v) is 5.09. The molecular weight excluding hydrogens is 481 g/mol.